The number of nitrogens with one attached hydrogen (secondary N) is 1. The molecule has 0 spiro atoms. The number of hydrogen-bond acceptors (Lipinski definition) is 5. The van der Waals surface area contributed by atoms with Gasteiger partial charge in [0.15, 0.2) is 0 Å². The predicted molar refractivity (Wildman–Crippen MR) is 53.1 cm³/mol. The Morgan fingerprint density at radius 1 is 1.11 bits per heavy atom. The topological polar surface area (TPSA) is 64.6 Å². The van der Waals surface area contributed by atoms with E-state index in [9.17, 15) is 22.8 Å². The highest BCUT2D eigenvalue weighted by atomic mass is 19.4. The summed E-state index contributed by atoms with van der Waals surface area (Å²) in [6.45, 7) is -0.282. The summed E-state index contributed by atoms with van der Waals surface area (Å²) in [5.74, 6) is -3.60. The normalized spacial score (nSPS) is 17.3. The van der Waals surface area contributed by atoms with Crippen molar-refractivity contribution in [2.75, 3.05) is 6.54 Å². The van der Waals surface area contributed by atoms with Crippen LogP contribution in [0, 0.1) is 0 Å². The predicted octanol–water partition coefficient (Wildman–Crippen LogP) is 1.47. The Labute approximate surface area is 102 Å². The van der Waals surface area contributed by atoms with Crippen molar-refractivity contribution in [3.8, 4) is 0 Å². The van der Waals surface area contributed by atoms with Crippen LogP contribution in [0.25, 0.3) is 0 Å². The molecule has 1 aliphatic carbocycles. The summed E-state index contributed by atoms with van der Waals surface area (Å²) in [5, 5.41) is 2.84. The highest BCUT2D eigenvalue weighted by Gasteiger charge is 2.43. The highest BCUT2D eigenvalue weighted by Crippen LogP contribution is 2.17. The van der Waals surface area contributed by atoms with Gasteiger partial charge in [0.05, 0.1) is 6.54 Å². The van der Waals surface area contributed by atoms with E-state index < -0.39 is 18.1 Å². The molecule has 0 saturated heterocycles. The molecule has 1 rings (SSSR count). The molecule has 104 valence electrons. The minimum absolute atomic E-state index is 0.157. The maximum Gasteiger partial charge on any atom is 0.495 e. The average Bonchev–Trinajstić information content (AvgIpc) is 2.33. The fourth-order valence-corrected chi connectivity index (χ4v) is 1.70. The van der Waals surface area contributed by atoms with Gasteiger partial charge in [0.25, 0.3) is 0 Å². The number of hydrogen-bond donors (Lipinski definition) is 1. The van der Waals surface area contributed by atoms with Gasteiger partial charge in [-0.05, 0) is 12.8 Å². The molecule has 0 aromatic rings. The SMILES string of the molecule is O=C(CNC1CCCCC1)OOC(=O)C(F)(F)F. The Morgan fingerprint density at radius 2 is 1.72 bits per heavy atom. The smallest absolute Gasteiger partial charge is 0.304 e. The van der Waals surface area contributed by atoms with Gasteiger partial charge in [0.1, 0.15) is 0 Å². The summed E-state index contributed by atoms with van der Waals surface area (Å²) in [4.78, 5) is 28.3. The van der Waals surface area contributed by atoms with Gasteiger partial charge in [-0.25, -0.2) is 19.4 Å². The lowest BCUT2D eigenvalue weighted by Crippen LogP contribution is -2.36. The highest BCUT2D eigenvalue weighted by molar-refractivity contribution is 5.77. The van der Waals surface area contributed by atoms with Crippen molar-refractivity contribution in [2.45, 2.75) is 44.3 Å². The van der Waals surface area contributed by atoms with Crippen molar-refractivity contribution in [1.29, 1.82) is 0 Å². The van der Waals surface area contributed by atoms with E-state index in [1.165, 1.54) is 0 Å². The van der Waals surface area contributed by atoms with Crippen LogP contribution in [0.4, 0.5) is 13.2 Å². The van der Waals surface area contributed by atoms with E-state index in [1.807, 2.05) is 0 Å². The van der Waals surface area contributed by atoms with Crippen molar-refractivity contribution >= 4 is 11.9 Å². The molecule has 1 aliphatic rings. The number of carbonyl (C=O) groups excluding carboxylic acids is 2. The first-order chi connectivity index (χ1) is 8.39. The molecule has 0 amide bonds. The van der Waals surface area contributed by atoms with E-state index >= 15 is 0 Å². The number of halogens is 3. The van der Waals surface area contributed by atoms with Crippen LogP contribution in [0.15, 0.2) is 0 Å². The molecule has 0 aromatic heterocycles. The Kier molecular flexibility index (Phi) is 5.39. The van der Waals surface area contributed by atoms with Crippen LogP contribution in [-0.2, 0) is 19.4 Å². The second-order valence-electron chi connectivity index (χ2n) is 4.04. The molecule has 0 atom stereocenters. The Hall–Kier alpha value is -1.31. The Balaban J connectivity index is 2.15. The number of alkyl halides is 3. The van der Waals surface area contributed by atoms with E-state index in [2.05, 4.69) is 15.1 Å². The van der Waals surface area contributed by atoms with Crippen LogP contribution >= 0.6 is 0 Å². The molecule has 18 heavy (non-hydrogen) atoms. The molecule has 0 aromatic carbocycles. The minimum Gasteiger partial charge on any atom is -0.304 e. The second kappa shape index (κ2) is 6.58. The lowest BCUT2D eigenvalue weighted by molar-refractivity contribution is -0.285. The lowest BCUT2D eigenvalue weighted by Gasteiger charge is -2.21. The zero-order chi connectivity index (χ0) is 13.6. The van der Waals surface area contributed by atoms with Gasteiger partial charge in [0.2, 0.25) is 0 Å². The number of carbonyl (C=O) groups is 2. The van der Waals surface area contributed by atoms with E-state index in [0.717, 1.165) is 32.1 Å². The first kappa shape index (κ1) is 14.7. The monoisotopic (exact) mass is 269 g/mol. The molecule has 0 unspecified atom stereocenters. The molecule has 0 aliphatic heterocycles. The summed E-state index contributed by atoms with van der Waals surface area (Å²) < 4.78 is 35.1. The van der Waals surface area contributed by atoms with Crippen molar-refractivity contribution in [1.82, 2.24) is 5.32 Å². The largest absolute Gasteiger partial charge is 0.495 e. The summed E-state index contributed by atoms with van der Waals surface area (Å²) >= 11 is 0. The first-order valence-corrected chi connectivity index (χ1v) is 5.61. The van der Waals surface area contributed by atoms with Crippen molar-refractivity contribution in [2.24, 2.45) is 0 Å². The quantitative estimate of drug-likeness (QED) is 0.621. The average molecular weight is 269 g/mol. The minimum atomic E-state index is -5.17. The van der Waals surface area contributed by atoms with Crippen LogP contribution in [-0.4, -0.2) is 30.7 Å². The van der Waals surface area contributed by atoms with Gasteiger partial charge in [0, 0.05) is 6.04 Å². The zero-order valence-corrected chi connectivity index (χ0v) is 9.59. The van der Waals surface area contributed by atoms with Gasteiger partial charge in [-0.2, -0.15) is 13.2 Å². The summed E-state index contributed by atoms with van der Waals surface area (Å²) in [6.07, 6.45) is -0.0975. The van der Waals surface area contributed by atoms with Gasteiger partial charge < -0.3 is 5.32 Å². The molecule has 0 radical (unpaired) electrons. The fraction of sp³-hybridized carbons (Fsp3) is 0.800. The third-order valence-corrected chi connectivity index (χ3v) is 2.58. The van der Waals surface area contributed by atoms with E-state index in [0.29, 0.717) is 0 Å². The lowest BCUT2D eigenvalue weighted by atomic mass is 9.96. The van der Waals surface area contributed by atoms with Crippen molar-refractivity contribution in [3.63, 3.8) is 0 Å². The van der Waals surface area contributed by atoms with Gasteiger partial charge >= 0.3 is 18.1 Å². The molecular formula is C10H14F3NO4. The van der Waals surface area contributed by atoms with Gasteiger partial charge in [-0.15, -0.1) is 0 Å². The van der Waals surface area contributed by atoms with E-state index in [4.69, 9.17) is 0 Å². The van der Waals surface area contributed by atoms with Crippen LogP contribution in [0.3, 0.4) is 0 Å². The molecule has 1 fully saturated rings. The molecular weight excluding hydrogens is 255 g/mol. The number of rotatable bonds is 3. The maximum atomic E-state index is 11.7. The van der Waals surface area contributed by atoms with Crippen LogP contribution in [0.2, 0.25) is 0 Å². The third-order valence-electron chi connectivity index (χ3n) is 2.58. The van der Waals surface area contributed by atoms with Crippen LogP contribution in [0.5, 0.6) is 0 Å². The Bertz CT molecular complexity index is 300. The third kappa shape index (κ3) is 5.35. The van der Waals surface area contributed by atoms with Crippen molar-refractivity contribution in [3.05, 3.63) is 0 Å². The summed E-state index contributed by atoms with van der Waals surface area (Å²) in [7, 11) is 0. The zero-order valence-electron chi connectivity index (χ0n) is 9.59. The first-order valence-electron chi connectivity index (χ1n) is 5.61. The summed E-state index contributed by atoms with van der Waals surface area (Å²) in [6, 6.07) is 0.157. The summed E-state index contributed by atoms with van der Waals surface area (Å²) in [5.41, 5.74) is 0. The van der Waals surface area contributed by atoms with Gasteiger partial charge in [-0.1, -0.05) is 19.3 Å². The van der Waals surface area contributed by atoms with Crippen molar-refractivity contribution < 1.29 is 32.5 Å². The van der Waals surface area contributed by atoms with Gasteiger partial charge in [-0.3, -0.25) is 0 Å². The standard InChI is InChI=1S/C10H14F3NO4/c11-10(12,13)9(16)18-17-8(15)6-14-7-4-2-1-3-5-7/h7,14H,1-6H2. The van der Waals surface area contributed by atoms with Crippen LogP contribution < -0.4 is 5.32 Å². The van der Waals surface area contributed by atoms with Crippen LogP contribution in [0.1, 0.15) is 32.1 Å². The maximum absolute atomic E-state index is 11.7. The molecule has 8 heteroatoms. The Morgan fingerprint density at radius 3 is 2.28 bits per heavy atom. The van der Waals surface area contributed by atoms with E-state index in [-0.39, 0.29) is 12.6 Å². The molecule has 0 heterocycles. The second-order valence-corrected chi connectivity index (χ2v) is 4.04. The molecule has 0 bridgehead atoms. The molecule has 5 nitrogen and oxygen atoms in total. The molecule has 1 N–H and O–H groups in total. The van der Waals surface area contributed by atoms with E-state index in [1.54, 1.807) is 0 Å². The molecule has 1 saturated carbocycles. The fourth-order valence-electron chi connectivity index (χ4n) is 1.70.